The van der Waals surface area contributed by atoms with E-state index in [1.54, 1.807) is 0 Å². The van der Waals surface area contributed by atoms with E-state index in [1.807, 2.05) is 36.0 Å². The van der Waals surface area contributed by atoms with Crippen LogP contribution in [0.2, 0.25) is 0 Å². The van der Waals surface area contributed by atoms with Gasteiger partial charge in [-0.05, 0) is 36.5 Å². The molecule has 2 aliphatic rings. The van der Waals surface area contributed by atoms with E-state index < -0.39 is 6.10 Å². The molecule has 2 N–H and O–H groups in total. The van der Waals surface area contributed by atoms with Crippen molar-refractivity contribution in [3.05, 3.63) is 24.3 Å². The van der Waals surface area contributed by atoms with E-state index >= 15 is 0 Å². The highest BCUT2D eigenvalue weighted by Gasteiger charge is 2.27. The minimum absolute atomic E-state index is 0.00102. The van der Waals surface area contributed by atoms with Gasteiger partial charge in [-0.3, -0.25) is 4.79 Å². The lowest BCUT2D eigenvalue weighted by atomic mass is 10.1. The number of carbonyl (C=O) groups excluding carboxylic acids is 1. The number of benzene rings is 1. The number of rotatable bonds is 2. The van der Waals surface area contributed by atoms with Gasteiger partial charge in [0.2, 0.25) is 0 Å². The lowest BCUT2D eigenvalue weighted by Crippen LogP contribution is -2.48. The Morgan fingerprint density at radius 3 is 2.95 bits per heavy atom. The first-order chi connectivity index (χ1) is 9.33. The number of ether oxygens (including phenoxy) is 1. The summed E-state index contributed by atoms with van der Waals surface area (Å²) < 4.78 is 5.76. The van der Waals surface area contributed by atoms with E-state index in [0.717, 1.165) is 35.8 Å². The first-order valence-electron chi connectivity index (χ1n) is 6.70. The van der Waals surface area contributed by atoms with Crippen LogP contribution in [-0.2, 0) is 4.79 Å². The van der Waals surface area contributed by atoms with E-state index in [2.05, 4.69) is 10.6 Å². The predicted octanol–water partition coefficient (Wildman–Crippen LogP) is 1.87. The minimum Gasteiger partial charge on any atom is -0.477 e. The van der Waals surface area contributed by atoms with Crippen LogP contribution in [0, 0.1) is 0 Å². The summed E-state index contributed by atoms with van der Waals surface area (Å²) in [7, 11) is 0. The molecule has 1 atom stereocenters. The molecular weight excluding hydrogens is 260 g/mol. The number of carbonyl (C=O) groups is 1. The van der Waals surface area contributed by atoms with Gasteiger partial charge in [-0.25, -0.2) is 0 Å². The molecule has 0 radical (unpaired) electrons. The number of hydrogen-bond donors (Lipinski definition) is 2. The number of para-hydroxylation sites is 2. The lowest BCUT2D eigenvalue weighted by Gasteiger charge is -2.29. The number of amides is 1. The number of thioether (sulfide) groups is 1. The zero-order chi connectivity index (χ0) is 13.1. The molecule has 1 fully saturated rings. The third kappa shape index (κ3) is 2.97. The standard InChI is InChI=1S/C14H18N2O2S/c17-14(16-10-5-7-19-8-6-10)13-9-15-11-3-1-2-4-12(11)18-13/h1-4,10,13,15H,5-9H2,(H,16,17). The Balaban J connectivity index is 1.59. The van der Waals surface area contributed by atoms with Crippen molar-refractivity contribution in [1.82, 2.24) is 5.32 Å². The van der Waals surface area contributed by atoms with Crippen LogP contribution in [0.25, 0.3) is 0 Å². The normalized spacial score (nSPS) is 22.8. The molecule has 0 saturated carbocycles. The fourth-order valence-corrected chi connectivity index (χ4v) is 3.50. The Morgan fingerprint density at radius 1 is 1.32 bits per heavy atom. The van der Waals surface area contributed by atoms with Crippen LogP contribution >= 0.6 is 11.8 Å². The Kier molecular flexibility index (Phi) is 3.82. The molecule has 1 unspecified atom stereocenters. The Bertz CT molecular complexity index is 461. The SMILES string of the molecule is O=C(NC1CCSCC1)C1CNc2ccccc2O1. The van der Waals surface area contributed by atoms with Crippen molar-refractivity contribution in [2.45, 2.75) is 25.0 Å². The highest BCUT2D eigenvalue weighted by atomic mass is 32.2. The van der Waals surface area contributed by atoms with Crippen LogP contribution in [0.5, 0.6) is 5.75 Å². The van der Waals surface area contributed by atoms with Crippen LogP contribution < -0.4 is 15.4 Å². The lowest BCUT2D eigenvalue weighted by molar-refractivity contribution is -0.128. The highest BCUT2D eigenvalue weighted by Crippen LogP contribution is 2.28. The zero-order valence-electron chi connectivity index (χ0n) is 10.7. The first-order valence-corrected chi connectivity index (χ1v) is 7.86. The summed E-state index contributed by atoms with van der Waals surface area (Å²) in [6.07, 6.45) is 1.70. The summed E-state index contributed by atoms with van der Waals surface area (Å²) in [4.78, 5) is 12.2. The average molecular weight is 278 g/mol. The van der Waals surface area contributed by atoms with Gasteiger partial charge in [0, 0.05) is 6.04 Å². The van der Waals surface area contributed by atoms with Crippen molar-refractivity contribution < 1.29 is 9.53 Å². The third-order valence-corrected chi connectivity index (χ3v) is 4.54. The molecule has 2 aliphatic heterocycles. The molecule has 102 valence electrons. The molecule has 0 spiro atoms. The summed E-state index contributed by atoms with van der Waals surface area (Å²) in [5.74, 6) is 3.03. The van der Waals surface area contributed by atoms with Crippen LogP contribution in [0.3, 0.4) is 0 Å². The molecule has 0 aliphatic carbocycles. The minimum atomic E-state index is -0.426. The van der Waals surface area contributed by atoms with Gasteiger partial charge >= 0.3 is 0 Å². The summed E-state index contributed by atoms with van der Waals surface area (Å²) in [5.41, 5.74) is 0.959. The smallest absolute Gasteiger partial charge is 0.263 e. The van der Waals surface area contributed by atoms with Crippen LogP contribution in [0.4, 0.5) is 5.69 Å². The van der Waals surface area contributed by atoms with Gasteiger partial charge < -0.3 is 15.4 Å². The first kappa shape index (κ1) is 12.7. The van der Waals surface area contributed by atoms with Crippen LogP contribution in [0.1, 0.15) is 12.8 Å². The summed E-state index contributed by atoms with van der Waals surface area (Å²) >= 11 is 1.96. The molecule has 0 bridgehead atoms. The monoisotopic (exact) mass is 278 g/mol. The van der Waals surface area contributed by atoms with Crippen molar-refractivity contribution in [1.29, 1.82) is 0 Å². The molecular formula is C14H18N2O2S. The van der Waals surface area contributed by atoms with Crippen LogP contribution in [0.15, 0.2) is 24.3 Å². The Hall–Kier alpha value is -1.36. The van der Waals surface area contributed by atoms with Crippen molar-refractivity contribution in [3.63, 3.8) is 0 Å². The third-order valence-electron chi connectivity index (χ3n) is 3.49. The van der Waals surface area contributed by atoms with Gasteiger partial charge in [-0.15, -0.1) is 0 Å². The number of hydrogen-bond acceptors (Lipinski definition) is 4. The molecule has 1 saturated heterocycles. The quantitative estimate of drug-likeness (QED) is 0.867. The van der Waals surface area contributed by atoms with E-state index in [-0.39, 0.29) is 5.91 Å². The number of nitrogens with one attached hydrogen (secondary N) is 2. The van der Waals surface area contributed by atoms with Gasteiger partial charge in [0.15, 0.2) is 6.10 Å². The topological polar surface area (TPSA) is 50.4 Å². The van der Waals surface area contributed by atoms with Crippen molar-refractivity contribution in [2.75, 3.05) is 23.4 Å². The summed E-state index contributed by atoms with van der Waals surface area (Å²) in [5, 5.41) is 6.34. The Labute approximate surface area is 117 Å². The molecule has 4 nitrogen and oxygen atoms in total. The molecule has 3 rings (SSSR count). The molecule has 19 heavy (non-hydrogen) atoms. The molecule has 1 aromatic rings. The van der Waals surface area contributed by atoms with Gasteiger partial charge in [-0.1, -0.05) is 12.1 Å². The second kappa shape index (κ2) is 5.74. The Morgan fingerprint density at radius 2 is 2.11 bits per heavy atom. The molecule has 0 aromatic heterocycles. The molecule has 1 aromatic carbocycles. The van der Waals surface area contributed by atoms with Crippen LogP contribution in [-0.4, -0.2) is 36.1 Å². The predicted molar refractivity (Wildman–Crippen MR) is 77.8 cm³/mol. The molecule has 2 heterocycles. The van der Waals surface area contributed by atoms with Crippen molar-refractivity contribution in [2.24, 2.45) is 0 Å². The van der Waals surface area contributed by atoms with Gasteiger partial charge in [0.25, 0.3) is 5.91 Å². The largest absolute Gasteiger partial charge is 0.477 e. The maximum absolute atomic E-state index is 12.2. The van der Waals surface area contributed by atoms with E-state index in [0.29, 0.717) is 12.6 Å². The fourth-order valence-electron chi connectivity index (χ4n) is 2.40. The second-order valence-electron chi connectivity index (χ2n) is 4.88. The molecule has 1 amide bonds. The van der Waals surface area contributed by atoms with Crippen molar-refractivity contribution >= 4 is 23.4 Å². The maximum atomic E-state index is 12.2. The van der Waals surface area contributed by atoms with E-state index in [4.69, 9.17) is 4.74 Å². The van der Waals surface area contributed by atoms with E-state index in [9.17, 15) is 4.79 Å². The van der Waals surface area contributed by atoms with Gasteiger partial charge in [0.1, 0.15) is 5.75 Å². The number of anilines is 1. The second-order valence-corrected chi connectivity index (χ2v) is 6.10. The average Bonchev–Trinajstić information content (AvgIpc) is 2.48. The highest BCUT2D eigenvalue weighted by molar-refractivity contribution is 7.99. The zero-order valence-corrected chi connectivity index (χ0v) is 11.5. The fraction of sp³-hybridized carbons (Fsp3) is 0.500. The molecule has 5 heteroatoms. The summed E-state index contributed by atoms with van der Waals surface area (Å²) in [6, 6.07) is 8.03. The number of fused-ring (bicyclic) bond motifs is 1. The summed E-state index contributed by atoms with van der Waals surface area (Å²) in [6.45, 7) is 0.532. The maximum Gasteiger partial charge on any atom is 0.263 e. The van der Waals surface area contributed by atoms with Gasteiger partial charge in [-0.2, -0.15) is 11.8 Å². The van der Waals surface area contributed by atoms with E-state index in [1.165, 1.54) is 0 Å². The van der Waals surface area contributed by atoms with Crippen molar-refractivity contribution in [3.8, 4) is 5.75 Å². The van der Waals surface area contributed by atoms with Gasteiger partial charge in [0.05, 0.1) is 12.2 Å².